The minimum absolute atomic E-state index is 0.0618. The van der Waals surface area contributed by atoms with Crippen LogP contribution in [-0.2, 0) is 6.54 Å². The zero-order valence-electron chi connectivity index (χ0n) is 10.5. The molecule has 0 spiro atoms. The number of fused-ring (bicyclic) bond motifs is 1. The number of aromatic carboxylic acids is 1. The van der Waals surface area contributed by atoms with Crippen molar-refractivity contribution < 1.29 is 14.3 Å². The molecule has 0 amide bonds. The maximum atomic E-state index is 10.7. The number of benzene rings is 1. The average molecular weight is 268 g/mol. The second kappa shape index (κ2) is 5.05. The van der Waals surface area contributed by atoms with Crippen LogP contribution >= 0.6 is 0 Å². The van der Waals surface area contributed by atoms with Gasteiger partial charge in [-0.25, -0.2) is 9.78 Å². The number of nitrogens with zero attached hydrogens (tertiary/aromatic N) is 1. The molecule has 0 bridgehead atoms. The fraction of sp³-hybridized carbons (Fsp3) is 0.0667. The summed E-state index contributed by atoms with van der Waals surface area (Å²) >= 11 is 0. The first-order valence-corrected chi connectivity index (χ1v) is 6.14. The summed E-state index contributed by atoms with van der Waals surface area (Å²) in [6, 6.07) is 14.8. The second-order valence-electron chi connectivity index (χ2n) is 4.31. The smallest absolute Gasteiger partial charge is 0.371 e. The van der Waals surface area contributed by atoms with E-state index >= 15 is 0 Å². The number of nitrogens with one attached hydrogen (secondary N) is 1. The third-order valence-corrected chi connectivity index (χ3v) is 2.91. The van der Waals surface area contributed by atoms with Gasteiger partial charge in [-0.05, 0) is 30.3 Å². The molecule has 0 saturated carbocycles. The number of hydrogen-bond acceptors (Lipinski definition) is 4. The van der Waals surface area contributed by atoms with Gasteiger partial charge in [0.15, 0.2) is 0 Å². The number of carboxylic acids is 1. The normalized spacial score (nSPS) is 10.6. The molecule has 0 aliphatic carbocycles. The lowest BCUT2D eigenvalue weighted by molar-refractivity contribution is 0.0660. The molecular weight excluding hydrogens is 256 g/mol. The summed E-state index contributed by atoms with van der Waals surface area (Å²) < 4.78 is 5.16. The van der Waals surface area contributed by atoms with Crippen LogP contribution in [0, 0.1) is 0 Å². The zero-order chi connectivity index (χ0) is 13.9. The highest BCUT2D eigenvalue weighted by Gasteiger charge is 2.08. The predicted molar refractivity (Wildman–Crippen MR) is 74.7 cm³/mol. The third kappa shape index (κ3) is 2.47. The predicted octanol–water partition coefficient (Wildman–Crippen LogP) is 3.14. The van der Waals surface area contributed by atoms with Crippen molar-refractivity contribution in [2.75, 3.05) is 5.32 Å². The molecule has 5 heteroatoms. The van der Waals surface area contributed by atoms with Crippen LogP contribution in [0.3, 0.4) is 0 Å². The van der Waals surface area contributed by atoms with E-state index in [1.54, 1.807) is 6.07 Å². The first-order valence-electron chi connectivity index (χ1n) is 6.14. The topological polar surface area (TPSA) is 75.4 Å². The lowest BCUT2D eigenvalue weighted by atomic mass is 10.2. The van der Waals surface area contributed by atoms with E-state index in [1.165, 1.54) is 6.07 Å². The van der Waals surface area contributed by atoms with Gasteiger partial charge in [0.05, 0.1) is 12.1 Å². The Hall–Kier alpha value is -2.82. The highest BCUT2D eigenvalue weighted by Crippen LogP contribution is 2.16. The largest absolute Gasteiger partial charge is 0.475 e. The van der Waals surface area contributed by atoms with E-state index in [9.17, 15) is 4.79 Å². The van der Waals surface area contributed by atoms with E-state index in [0.29, 0.717) is 12.3 Å². The van der Waals surface area contributed by atoms with Crippen LogP contribution in [0.2, 0.25) is 0 Å². The molecule has 20 heavy (non-hydrogen) atoms. The molecule has 0 unspecified atom stereocenters. The minimum Gasteiger partial charge on any atom is -0.475 e. The SMILES string of the molecule is O=C(O)c1ccc(CNc2ccc3ccccc3n2)o1. The van der Waals surface area contributed by atoms with Crippen LogP contribution in [-0.4, -0.2) is 16.1 Å². The van der Waals surface area contributed by atoms with Gasteiger partial charge in [-0.2, -0.15) is 0 Å². The van der Waals surface area contributed by atoms with Crippen molar-refractivity contribution in [2.45, 2.75) is 6.54 Å². The third-order valence-electron chi connectivity index (χ3n) is 2.91. The zero-order valence-corrected chi connectivity index (χ0v) is 10.5. The molecule has 0 fully saturated rings. The number of rotatable bonds is 4. The van der Waals surface area contributed by atoms with Crippen LogP contribution in [0.5, 0.6) is 0 Å². The molecule has 0 atom stereocenters. The Labute approximate surface area is 114 Å². The molecule has 0 saturated heterocycles. The van der Waals surface area contributed by atoms with Crippen LogP contribution in [0.4, 0.5) is 5.82 Å². The molecule has 3 rings (SSSR count). The average Bonchev–Trinajstić information content (AvgIpc) is 2.94. The van der Waals surface area contributed by atoms with Gasteiger partial charge >= 0.3 is 5.97 Å². The lowest BCUT2D eigenvalue weighted by Gasteiger charge is -2.04. The van der Waals surface area contributed by atoms with Gasteiger partial charge in [0.25, 0.3) is 0 Å². The summed E-state index contributed by atoms with van der Waals surface area (Å²) in [7, 11) is 0. The first kappa shape index (κ1) is 12.2. The standard InChI is InChI=1S/C15H12N2O3/c18-15(19)13-7-6-11(20-13)9-16-14-8-5-10-3-1-2-4-12(10)17-14/h1-8H,9H2,(H,16,17)(H,18,19). The number of aromatic nitrogens is 1. The lowest BCUT2D eigenvalue weighted by Crippen LogP contribution is -2.00. The number of carbonyl (C=O) groups is 1. The number of para-hydroxylation sites is 1. The van der Waals surface area contributed by atoms with Crippen molar-refractivity contribution in [3.8, 4) is 0 Å². The van der Waals surface area contributed by atoms with Gasteiger partial charge in [0, 0.05) is 5.39 Å². The molecule has 2 N–H and O–H groups in total. The number of anilines is 1. The van der Waals surface area contributed by atoms with E-state index in [1.807, 2.05) is 36.4 Å². The molecule has 0 aliphatic heterocycles. The quantitative estimate of drug-likeness (QED) is 0.760. The second-order valence-corrected chi connectivity index (χ2v) is 4.31. The van der Waals surface area contributed by atoms with Crippen molar-refractivity contribution in [1.29, 1.82) is 0 Å². The highest BCUT2D eigenvalue weighted by atomic mass is 16.4. The fourth-order valence-corrected chi connectivity index (χ4v) is 1.93. The Morgan fingerprint density at radius 3 is 2.80 bits per heavy atom. The van der Waals surface area contributed by atoms with E-state index in [2.05, 4.69) is 10.3 Å². The van der Waals surface area contributed by atoms with Crippen LogP contribution in [0.25, 0.3) is 10.9 Å². The van der Waals surface area contributed by atoms with Crippen molar-refractivity contribution in [3.63, 3.8) is 0 Å². The molecule has 1 aromatic carbocycles. The first-order chi connectivity index (χ1) is 9.72. The molecule has 2 aromatic heterocycles. The number of furan rings is 1. The van der Waals surface area contributed by atoms with Gasteiger partial charge in [-0.3, -0.25) is 0 Å². The summed E-state index contributed by atoms with van der Waals surface area (Å²) in [4.78, 5) is 15.2. The fourth-order valence-electron chi connectivity index (χ4n) is 1.93. The number of carboxylic acid groups (broad SMARTS) is 1. The number of pyridine rings is 1. The molecule has 0 radical (unpaired) electrons. The molecule has 2 heterocycles. The van der Waals surface area contributed by atoms with Crippen molar-refractivity contribution >= 4 is 22.7 Å². The Balaban J connectivity index is 1.74. The van der Waals surface area contributed by atoms with Crippen LogP contribution < -0.4 is 5.32 Å². The summed E-state index contributed by atoms with van der Waals surface area (Å²) in [5.74, 6) is 0.141. The van der Waals surface area contributed by atoms with Gasteiger partial charge in [-0.15, -0.1) is 0 Å². The summed E-state index contributed by atoms with van der Waals surface area (Å²) in [5.41, 5.74) is 0.906. The van der Waals surface area contributed by atoms with E-state index in [-0.39, 0.29) is 5.76 Å². The van der Waals surface area contributed by atoms with Crippen LogP contribution in [0.1, 0.15) is 16.3 Å². The van der Waals surface area contributed by atoms with E-state index < -0.39 is 5.97 Å². The van der Waals surface area contributed by atoms with Gasteiger partial charge in [-0.1, -0.05) is 18.2 Å². The van der Waals surface area contributed by atoms with Gasteiger partial charge in [0.2, 0.25) is 5.76 Å². The van der Waals surface area contributed by atoms with Gasteiger partial charge < -0.3 is 14.8 Å². The highest BCUT2D eigenvalue weighted by molar-refractivity contribution is 5.84. The van der Waals surface area contributed by atoms with Crippen LogP contribution in [0.15, 0.2) is 52.9 Å². The van der Waals surface area contributed by atoms with Crippen molar-refractivity contribution in [1.82, 2.24) is 4.98 Å². The summed E-state index contributed by atoms with van der Waals surface area (Å²) in [5, 5.41) is 13.0. The molecule has 0 aliphatic rings. The van der Waals surface area contributed by atoms with Gasteiger partial charge in [0.1, 0.15) is 11.6 Å². The monoisotopic (exact) mass is 268 g/mol. The summed E-state index contributed by atoms with van der Waals surface area (Å²) in [6.45, 7) is 0.388. The molecular formula is C15H12N2O3. The minimum atomic E-state index is -1.07. The molecule has 5 nitrogen and oxygen atoms in total. The van der Waals surface area contributed by atoms with Crippen molar-refractivity contribution in [2.24, 2.45) is 0 Å². The molecule has 100 valence electrons. The Morgan fingerprint density at radius 2 is 2.00 bits per heavy atom. The Morgan fingerprint density at radius 1 is 1.15 bits per heavy atom. The molecule has 3 aromatic rings. The number of hydrogen-bond donors (Lipinski definition) is 2. The summed E-state index contributed by atoms with van der Waals surface area (Å²) in [6.07, 6.45) is 0. The maximum absolute atomic E-state index is 10.7. The van der Waals surface area contributed by atoms with Crippen molar-refractivity contribution in [3.05, 3.63) is 60.1 Å². The van der Waals surface area contributed by atoms with E-state index in [4.69, 9.17) is 9.52 Å². The Bertz CT molecular complexity index is 764. The Kier molecular flexibility index (Phi) is 3.09. The van der Waals surface area contributed by atoms with E-state index in [0.717, 1.165) is 16.7 Å². The maximum Gasteiger partial charge on any atom is 0.371 e.